The van der Waals surface area contributed by atoms with Gasteiger partial charge in [-0.25, -0.2) is 4.39 Å². The number of aromatic nitrogens is 1. The first-order valence-corrected chi connectivity index (χ1v) is 9.42. The third kappa shape index (κ3) is 3.48. The van der Waals surface area contributed by atoms with Crippen LogP contribution in [0.1, 0.15) is 21.6 Å². The molecule has 134 valence electrons. The Balaban J connectivity index is 2.28. The van der Waals surface area contributed by atoms with Crippen molar-refractivity contribution in [2.75, 3.05) is 0 Å². The summed E-state index contributed by atoms with van der Waals surface area (Å²) in [5.41, 5.74) is 7.02. The topological polar surface area (TPSA) is 99.7 Å². The average Bonchev–Trinajstić information content (AvgIpc) is 3.02. The predicted molar refractivity (Wildman–Crippen MR) is 104 cm³/mol. The number of primary amides is 1. The summed E-state index contributed by atoms with van der Waals surface area (Å²) in [4.78, 5) is 14.6. The molecule has 1 amide bonds. The molecule has 2 aromatic carbocycles. The first-order chi connectivity index (χ1) is 12.8. The van der Waals surface area contributed by atoms with Gasteiger partial charge in [0.25, 0.3) is 5.91 Å². The fourth-order valence-corrected chi connectivity index (χ4v) is 4.65. The molecular weight excluding hydrogens is 388 g/mol. The summed E-state index contributed by atoms with van der Waals surface area (Å²) < 4.78 is 28.0. The van der Waals surface area contributed by atoms with Crippen LogP contribution < -0.4 is 16.3 Å². The lowest BCUT2D eigenvalue weighted by Gasteiger charge is -1.99. The number of carbonyl (C=O) groups is 1. The molecule has 3 N–H and O–H groups in total. The van der Waals surface area contributed by atoms with Crippen molar-refractivity contribution in [3.05, 3.63) is 64.1 Å². The number of allylic oxidation sites excluding steroid dienone is 1. The molecule has 1 heterocycles. The van der Waals surface area contributed by atoms with E-state index < -0.39 is 19.5 Å². The second-order valence-electron chi connectivity index (χ2n) is 5.86. The lowest BCUT2D eigenvalue weighted by molar-refractivity contribution is 0.0997. The average molecular weight is 401 g/mol. The quantitative estimate of drug-likeness (QED) is 0.516. The van der Waals surface area contributed by atoms with E-state index in [0.29, 0.717) is 10.9 Å². The number of nitrogens with two attached hydrogens (primary N) is 1. The largest absolute Gasteiger partial charge is 0.418 e. The van der Waals surface area contributed by atoms with E-state index in [4.69, 9.17) is 22.6 Å². The number of H-pyrrole nitrogens is 1. The number of hydrogen-bond donors (Lipinski definition) is 2. The van der Waals surface area contributed by atoms with Crippen molar-refractivity contribution in [2.24, 2.45) is 5.73 Å². The van der Waals surface area contributed by atoms with Crippen LogP contribution in [0, 0.1) is 24.1 Å². The zero-order valence-corrected chi connectivity index (χ0v) is 15.7. The lowest BCUT2D eigenvalue weighted by Crippen LogP contribution is -2.21. The molecule has 0 saturated carbocycles. The zero-order valence-electron chi connectivity index (χ0n) is 14.1. The fraction of sp³-hybridized carbons (Fsp3) is 0.0526. The second kappa shape index (κ2) is 7.32. The number of aromatic amines is 1. The van der Waals surface area contributed by atoms with Crippen molar-refractivity contribution in [3.8, 4) is 6.07 Å². The molecule has 0 fully saturated rings. The maximum atomic E-state index is 14.7. The highest BCUT2D eigenvalue weighted by molar-refractivity contribution is 7.62. The molecular formula is C19H13ClFN3O2P+. The zero-order chi connectivity index (χ0) is 19.7. The van der Waals surface area contributed by atoms with Gasteiger partial charge in [0, 0.05) is 6.08 Å². The number of nitriles is 1. The molecule has 8 heteroatoms. The number of halogens is 2. The van der Waals surface area contributed by atoms with Crippen molar-refractivity contribution < 1.29 is 13.8 Å². The lowest BCUT2D eigenvalue weighted by atomic mass is 10.1. The van der Waals surface area contributed by atoms with Crippen molar-refractivity contribution in [3.63, 3.8) is 0 Å². The van der Waals surface area contributed by atoms with Crippen molar-refractivity contribution in [1.29, 1.82) is 5.26 Å². The van der Waals surface area contributed by atoms with Gasteiger partial charge in [0.15, 0.2) is 16.8 Å². The standard InChI is InChI=1S/C19H12ClFN3O2P/c1-10-7-11(3-2-6-22)9-12(8-10)27(26)18-15-14(24-17(18)19(23)25)5-4-13(20)16(15)21/h2-5,7-9H,1H3,(H2-,23,24,25,26)/p+1. The number of rotatable bonds is 4. The molecule has 0 aliphatic heterocycles. The van der Waals surface area contributed by atoms with E-state index >= 15 is 0 Å². The summed E-state index contributed by atoms with van der Waals surface area (Å²) in [6.07, 6.45) is 2.87. The van der Waals surface area contributed by atoms with Crippen LogP contribution in [0.2, 0.25) is 5.02 Å². The molecule has 27 heavy (non-hydrogen) atoms. The molecule has 0 bridgehead atoms. The maximum Gasteiger partial charge on any atom is 0.418 e. The van der Waals surface area contributed by atoms with Crippen LogP contribution in [-0.2, 0) is 4.57 Å². The maximum absolute atomic E-state index is 14.7. The summed E-state index contributed by atoms with van der Waals surface area (Å²) in [6, 6.07) is 9.83. The van der Waals surface area contributed by atoms with Gasteiger partial charge in [-0.2, -0.15) is 5.26 Å². The highest BCUT2D eigenvalue weighted by Gasteiger charge is 2.36. The molecule has 0 radical (unpaired) electrons. The summed E-state index contributed by atoms with van der Waals surface area (Å²) >= 11 is 5.87. The highest BCUT2D eigenvalue weighted by Crippen LogP contribution is 2.32. The van der Waals surface area contributed by atoms with Crippen LogP contribution in [0.4, 0.5) is 4.39 Å². The Kier molecular flexibility index (Phi) is 5.09. The van der Waals surface area contributed by atoms with Gasteiger partial charge >= 0.3 is 7.80 Å². The second-order valence-corrected chi connectivity index (χ2v) is 7.82. The third-order valence-electron chi connectivity index (χ3n) is 3.95. The van der Waals surface area contributed by atoms with Crippen LogP contribution >= 0.6 is 19.4 Å². The van der Waals surface area contributed by atoms with Gasteiger partial charge in [0.1, 0.15) is 0 Å². The van der Waals surface area contributed by atoms with Gasteiger partial charge in [-0.05, 0) is 48.4 Å². The van der Waals surface area contributed by atoms with Crippen LogP contribution in [-0.4, -0.2) is 10.9 Å². The first kappa shape index (κ1) is 18.8. The van der Waals surface area contributed by atoms with E-state index in [-0.39, 0.29) is 26.9 Å². The van der Waals surface area contributed by atoms with Crippen molar-refractivity contribution in [1.82, 2.24) is 4.98 Å². The van der Waals surface area contributed by atoms with Gasteiger partial charge in [-0.3, -0.25) is 4.79 Å². The molecule has 3 rings (SSSR count). The molecule has 0 aliphatic carbocycles. The molecule has 3 aromatic rings. The number of aryl methyl sites for hydroxylation is 1. The molecule has 0 saturated heterocycles. The van der Waals surface area contributed by atoms with Crippen LogP contribution in [0.15, 0.2) is 36.4 Å². The molecule has 0 spiro atoms. The monoisotopic (exact) mass is 400 g/mol. The molecule has 1 unspecified atom stereocenters. The minimum Gasteiger partial charge on any atom is -0.364 e. The number of benzene rings is 2. The number of amides is 1. The molecule has 0 aliphatic rings. The minimum absolute atomic E-state index is 0.0201. The Morgan fingerprint density at radius 1 is 1.37 bits per heavy atom. The number of fused-ring (bicyclic) bond motifs is 1. The van der Waals surface area contributed by atoms with E-state index in [1.54, 1.807) is 25.1 Å². The number of hydrogen-bond acceptors (Lipinski definition) is 3. The Labute approximate surface area is 160 Å². The number of nitrogens with zero attached hydrogens (tertiary/aromatic N) is 1. The van der Waals surface area contributed by atoms with Crippen molar-refractivity contribution >= 4 is 52.9 Å². The van der Waals surface area contributed by atoms with E-state index in [1.165, 1.54) is 18.2 Å². The summed E-state index contributed by atoms with van der Waals surface area (Å²) in [7, 11) is -2.36. The van der Waals surface area contributed by atoms with Crippen molar-refractivity contribution in [2.45, 2.75) is 6.92 Å². The summed E-state index contributed by atoms with van der Waals surface area (Å²) in [6.45, 7) is 1.80. The molecule has 1 aromatic heterocycles. The highest BCUT2D eigenvalue weighted by atomic mass is 35.5. The van der Waals surface area contributed by atoms with Crippen LogP contribution in [0.5, 0.6) is 0 Å². The minimum atomic E-state index is -2.36. The van der Waals surface area contributed by atoms with Crippen LogP contribution in [0.3, 0.4) is 0 Å². The number of carbonyl (C=O) groups excluding carboxylic acids is 1. The van der Waals surface area contributed by atoms with Gasteiger partial charge in [0.05, 0.1) is 22.0 Å². The summed E-state index contributed by atoms with van der Waals surface area (Å²) in [5, 5.41) is 8.88. The van der Waals surface area contributed by atoms with Gasteiger partial charge in [-0.1, -0.05) is 22.2 Å². The first-order valence-electron chi connectivity index (χ1n) is 7.78. The normalized spacial score (nSPS) is 11.7. The molecule has 1 atom stereocenters. The third-order valence-corrected chi connectivity index (χ3v) is 5.82. The Bertz CT molecular complexity index is 1180. The van der Waals surface area contributed by atoms with Gasteiger partial charge in [-0.15, -0.1) is 0 Å². The van der Waals surface area contributed by atoms with E-state index in [9.17, 15) is 13.8 Å². The van der Waals surface area contributed by atoms with Gasteiger partial charge < -0.3 is 10.7 Å². The number of nitrogens with one attached hydrogen (secondary N) is 1. The SMILES string of the molecule is Cc1cc(C=CC#N)cc([P+](=O)c2c(C(N)=O)[nH]c3ccc(Cl)c(F)c23)c1. The summed E-state index contributed by atoms with van der Waals surface area (Å²) in [5.74, 6) is -1.62. The predicted octanol–water partition coefficient (Wildman–Crippen LogP) is 3.68. The van der Waals surface area contributed by atoms with Gasteiger partial charge in [0.2, 0.25) is 5.30 Å². The van der Waals surface area contributed by atoms with E-state index in [2.05, 4.69) is 4.98 Å². The van der Waals surface area contributed by atoms with E-state index in [1.807, 2.05) is 12.1 Å². The van der Waals surface area contributed by atoms with Crippen LogP contribution in [0.25, 0.3) is 17.0 Å². The Morgan fingerprint density at radius 3 is 2.78 bits per heavy atom. The Morgan fingerprint density at radius 2 is 2.11 bits per heavy atom. The molecule has 5 nitrogen and oxygen atoms in total. The van der Waals surface area contributed by atoms with E-state index in [0.717, 1.165) is 5.56 Å². The Hall–Kier alpha value is -3.00. The smallest absolute Gasteiger partial charge is 0.364 e. The fourth-order valence-electron chi connectivity index (χ4n) is 2.85.